The topological polar surface area (TPSA) is 70.7 Å². The number of nitrogens with zero attached hydrogens (tertiary/aromatic N) is 1. The Morgan fingerprint density at radius 3 is 2.81 bits per heavy atom. The highest BCUT2D eigenvalue weighted by Crippen LogP contribution is 2.35. The number of hydrogen-bond donors (Lipinski definition) is 2. The van der Waals surface area contributed by atoms with Crippen molar-refractivity contribution >= 4 is 17.6 Å². The quantitative estimate of drug-likeness (QED) is 0.867. The zero-order valence-electron chi connectivity index (χ0n) is 15.7. The van der Waals surface area contributed by atoms with E-state index in [2.05, 4.69) is 23.6 Å². The first-order chi connectivity index (χ1) is 12.6. The molecule has 2 atom stereocenters. The molecule has 2 unspecified atom stereocenters. The molecule has 1 saturated carbocycles. The molecule has 3 amide bonds. The molecule has 0 aromatic heterocycles. The van der Waals surface area contributed by atoms with Crippen molar-refractivity contribution in [2.24, 2.45) is 5.92 Å². The van der Waals surface area contributed by atoms with E-state index in [0.29, 0.717) is 5.92 Å². The van der Waals surface area contributed by atoms with Crippen molar-refractivity contribution < 1.29 is 14.3 Å². The summed E-state index contributed by atoms with van der Waals surface area (Å²) in [6.07, 6.45) is 6.43. The summed E-state index contributed by atoms with van der Waals surface area (Å²) in [7, 11) is 1.64. The van der Waals surface area contributed by atoms with Gasteiger partial charge in [0.1, 0.15) is 5.75 Å². The lowest BCUT2D eigenvalue weighted by Crippen LogP contribution is -2.50. The molecule has 0 spiro atoms. The van der Waals surface area contributed by atoms with E-state index in [4.69, 9.17) is 4.74 Å². The van der Waals surface area contributed by atoms with Crippen LogP contribution in [0.1, 0.15) is 44.6 Å². The van der Waals surface area contributed by atoms with Gasteiger partial charge in [-0.05, 0) is 43.2 Å². The molecule has 1 fully saturated rings. The first-order valence-corrected chi connectivity index (χ1v) is 9.59. The number of urea groups is 1. The minimum absolute atomic E-state index is 0.154. The average Bonchev–Trinajstić information content (AvgIpc) is 2.63. The summed E-state index contributed by atoms with van der Waals surface area (Å²) in [6, 6.07) is 5.73. The number of imide groups is 1. The molecule has 1 heterocycles. The number of amides is 3. The highest BCUT2D eigenvalue weighted by atomic mass is 16.5. The number of rotatable bonds is 4. The number of benzene rings is 1. The summed E-state index contributed by atoms with van der Waals surface area (Å²) in [5.74, 6) is 0.947. The predicted octanol–water partition coefficient (Wildman–Crippen LogP) is 2.85. The van der Waals surface area contributed by atoms with Crippen molar-refractivity contribution in [2.45, 2.75) is 51.5 Å². The Morgan fingerprint density at radius 1 is 1.23 bits per heavy atom. The first kappa shape index (κ1) is 18.5. The molecule has 2 N–H and O–H groups in total. The van der Waals surface area contributed by atoms with Crippen LogP contribution in [0.4, 0.5) is 10.5 Å². The number of hydrogen-bond acceptors (Lipinski definition) is 4. The summed E-state index contributed by atoms with van der Waals surface area (Å²) in [4.78, 5) is 26.6. The number of fused-ring (bicyclic) bond motifs is 1. The van der Waals surface area contributed by atoms with Crippen LogP contribution in [-0.4, -0.2) is 38.2 Å². The molecule has 1 aromatic rings. The third-order valence-electron chi connectivity index (χ3n) is 5.51. The number of carbonyl (C=O) groups is 2. The molecule has 142 valence electrons. The number of aryl methyl sites for hydroxylation is 1. The highest BCUT2D eigenvalue weighted by molar-refractivity contribution is 5.96. The molecule has 1 aliphatic heterocycles. The van der Waals surface area contributed by atoms with E-state index in [0.717, 1.165) is 50.1 Å². The molecule has 2 aliphatic rings. The van der Waals surface area contributed by atoms with E-state index in [9.17, 15) is 9.59 Å². The molecule has 0 saturated heterocycles. The standard InChI is InChI=1S/C20H29N3O3/c1-14-7-3-4-10-16(14)21-20(25)22-18(24)13-23-12-6-9-15-8-5-11-17(26-2)19(15)23/h5,8,11,14,16H,3-4,6-7,9-10,12-13H2,1-2H3,(H2,21,22,24,25). The van der Waals surface area contributed by atoms with Crippen molar-refractivity contribution in [3.8, 4) is 5.75 Å². The van der Waals surface area contributed by atoms with Gasteiger partial charge in [0.25, 0.3) is 0 Å². The molecule has 1 aliphatic carbocycles. The Labute approximate surface area is 155 Å². The summed E-state index contributed by atoms with van der Waals surface area (Å²) < 4.78 is 5.47. The Kier molecular flexibility index (Phi) is 6.01. The van der Waals surface area contributed by atoms with Crippen LogP contribution in [0.3, 0.4) is 0 Å². The zero-order valence-corrected chi connectivity index (χ0v) is 15.7. The number of anilines is 1. The van der Waals surface area contributed by atoms with E-state index in [-0.39, 0.29) is 24.5 Å². The maximum atomic E-state index is 12.4. The summed E-state index contributed by atoms with van der Waals surface area (Å²) >= 11 is 0. The van der Waals surface area contributed by atoms with Gasteiger partial charge in [-0.15, -0.1) is 0 Å². The van der Waals surface area contributed by atoms with Gasteiger partial charge in [0, 0.05) is 12.6 Å². The summed E-state index contributed by atoms with van der Waals surface area (Å²) in [6.45, 7) is 3.09. The Morgan fingerprint density at radius 2 is 2.04 bits per heavy atom. The fourth-order valence-corrected chi connectivity index (χ4v) is 4.10. The van der Waals surface area contributed by atoms with Crippen LogP contribution in [0.25, 0.3) is 0 Å². The molecular formula is C20H29N3O3. The molecule has 1 aromatic carbocycles. The lowest BCUT2D eigenvalue weighted by molar-refractivity contribution is -0.118. The minimum atomic E-state index is -0.383. The third-order valence-corrected chi connectivity index (χ3v) is 5.51. The molecule has 26 heavy (non-hydrogen) atoms. The normalized spacial score (nSPS) is 22.3. The Bertz CT molecular complexity index is 647. The monoisotopic (exact) mass is 359 g/mol. The SMILES string of the molecule is COc1cccc2c1N(CC(=O)NC(=O)NC1CCCCC1C)CCC2. The van der Waals surface area contributed by atoms with E-state index in [1.54, 1.807) is 7.11 Å². The molecular weight excluding hydrogens is 330 g/mol. The van der Waals surface area contributed by atoms with Crippen molar-refractivity contribution in [3.63, 3.8) is 0 Å². The van der Waals surface area contributed by atoms with Crippen LogP contribution >= 0.6 is 0 Å². The molecule has 3 rings (SSSR count). The first-order valence-electron chi connectivity index (χ1n) is 9.59. The van der Waals surface area contributed by atoms with Gasteiger partial charge in [-0.3, -0.25) is 10.1 Å². The van der Waals surface area contributed by atoms with Crippen LogP contribution in [0.15, 0.2) is 18.2 Å². The number of nitrogens with one attached hydrogen (secondary N) is 2. The van der Waals surface area contributed by atoms with Crippen LogP contribution < -0.4 is 20.3 Å². The summed E-state index contributed by atoms with van der Waals surface area (Å²) in [5.41, 5.74) is 2.15. The van der Waals surface area contributed by atoms with Crippen molar-refractivity contribution in [3.05, 3.63) is 23.8 Å². The number of carbonyl (C=O) groups excluding carboxylic acids is 2. The third kappa shape index (κ3) is 4.29. The molecule has 0 radical (unpaired) electrons. The van der Waals surface area contributed by atoms with Crippen LogP contribution in [-0.2, 0) is 11.2 Å². The minimum Gasteiger partial charge on any atom is -0.495 e. The zero-order chi connectivity index (χ0) is 18.5. The molecule has 6 nitrogen and oxygen atoms in total. The van der Waals surface area contributed by atoms with Crippen molar-refractivity contribution in [1.29, 1.82) is 0 Å². The van der Waals surface area contributed by atoms with E-state index < -0.39 is 0 Å². The lowest BCUT2D eigenvalue weighted by Gasteiger charge is -2.32. The van der Waals surface area contributed by atoms with E-state index in [1.165, 1.54) is 12.0 Å². The summed E-state index contributed by atoms with van der Waals surface area (Å²) in [5, 5.41) is 5.46. The lowest BCUT2D eigenvalue weighted by atomic mass is 9.86. The largest absolute Gasteiger partial charge is 0.495 e. The van der Waals surface area contributed by atoms with Crippen LogP contribution in [0.2, 0.25) is 0 Å². The van der Waals surface area contributed by atoms with E-state index >= 15 is 0 Å². The van der Waals surface area contributed by atoms with E-state index in [1.807, 2.05) is 17.0 Å². The van der Waals surface area contributed by atoms with Crippen LogP contribution in [0, 0.1) is 5.92 Å². The van der Waals surface area contributed by atoms with Gasteiger partial charge in [0.2, 0.25) is 5.91 Å². The second-order valence-corrected chi connectivity index (χ2v) is 7.38. The van der Waals surface area contributed by atoms with Gasteiger partial charge in [0.15, 0.2) is 0 Å². The van der Waals surface area contributed by atoms with Gasteiger partial charge < -0.3 is 15.0 Å². The average molecular weight is 359 g/mol. The van der Waals surface area contributed by atoms with Gasteiger partial charge in [-0.1, -0.05) is 31.9 Å². The van der Waals surface area contributed by atoms with Gasteiger partial charge in [0.05, 0.1) is 19.3 Å². The maximum Gasteiger partial charge on any atom is 0.321 e. The fraction of sp³-hybridized carbons (Fsp3) is 0.600. The number of methoxy groups -OCH3 is 1. The van der Waals surface area contributed by atoms with Crippen LogP contribution in [0.5, 0.6) is 5.75 Å². The van der Waals surface area contributed by atoms with Gasteiger partial charge >= 0.3 is 6.03 Å². The second-order valence-electron chi connectivity index (χ2n) is 7.38. The molecule has 0 bridgehead atoms. The number of ether oxygens (including phenoxy) is 1. The number of para-hydroxylation sites is 1. The second kappa shape index (κ2) is 8.43. The van der Waals surface area contributed by atoms with Crippen molar-refractivity contribution in [1.82, 2.24) is 10.6 Å². The van der Waals surface area contributed by atoms with Gasteiger partial charge in [-0.2, -0.15) is 0 Å². The maximum absolute atomic E-state index is 12.4. The smallest absolute Gasteiger partial charge is 0.321 e. The molecule has 6 heteroatoms. The fourth-order valence-electron chi connectivity index (χ4n) is 4.10. The Balaban J connectivity index is 1.58. The Hall–Kier alpha value is -2.24. The predicted molar refractivity (Wildman–Crippen MR) is 102 cm³/mol. The van der Waals surface area contributed by atoms with Crippen molar-refractivity contribution in [2.75, 3.05) is 25.1 Å². The highest BCUT2D eigenvalue weighted by Gasteiger charge is 2.25. The van der Waals surface area contributed by atoms with Gasteiger partial charge in [-0.25, -0.2) is 4.79 Å².